The van der Waals surface area contributed by atoms with Crippen LogP contribution in [0.5, 0.6) is 0 Å². The van der Waals surface area contributed by atoms with Crippen LogP contribution in [0.1, 0.15) is 46.7 Å². The zero-order valence-electron chi connectivity index (χ0n) is 12.1. The van der Waals surface area contributed by atoms with Crippen molar-refractivity contribution in [3.8, 4) is 0 Å². The molecule has 112 valence electrons. The first-order valence-electron chi connectivity index (χ1n) is 7.15. The van der Waals surface area contributed by atoms with Crippen molar-refractivity contribution < 1.29 is 9.90 Å². The molecule has 4 nitrogen and oxygen atoms in total. The highest BCUT2D eigenvalue weighted by atomic mass is 32.1. The van der Waals surface area contributed by atoms with Gasteiger partial charge in [-0.25, -0.2) is 4.98 Å². The Kier molecular flexibility index (Phi) is 5.90. The first kappa shape index (κ1) is 15.7. The van der Waals surface area contributed by atoms with Crippen molar-refractivity contribution in [2.24, 2.45) is 0 Å². The van der Waals surface area contributed by atoms with Gasteiger partial charge in [-0.2, -0.15) is 0 Å². The Morgan fingerprint density at radius 1 is 1.38 bits per heavy atom. The summed E-state index contributed by atoms with van der Waals surface area (Å²) >= 11 is 1.37. The monoisotopic (exact) mass is 304 g/mol. The van der Waals surface area contributed by atoms with Gasteiger partial charge in [0.1, 0.15) is 4.88 Å². The van der Waals surface area contributed by atoms with Gasteiger partial charge >= 0.3 is 0 Å². The van der Waals surface area contributed by atoms with Gasteiger partial charge in [0.2, 0.25) is 0 Å². The second-order valence-electron chi connectivity index (χ2n) is 4.78. The molecule has 0 saturated heterocycles. The summed E-state index contributed by atoms with van der Waals surface area (Å²) in [5.74, 6) is -0.0823. The van der Waals surface area contributed by atoms with Gasteiger partial charge in [-0.1, -0.05) is 37.3 Å². The number of aryl methyl sites for hydroxylation is 1. The molecule has 0 saturated carbocycles. The average Bonchev–Trinajstić information content (AvgIpc) is 3.00. The maximum atomic E-state index is 12.4. The number of nitrogens with one attached hydrogen (secondary N) is 1. The predicted octanol–water partition coefficient (Wildman–Crippen LogP) is 2.95. The lowest BCUT2D eigenvalue weighted by atomic mass is 10.0. The van der Waals surface area contributed by atoms with E-state index in [1.54, 1.807) is 5.51 Å². The Bertz CT molecular complexity index is 569. The molecule has 5 heteroatoms. The molecule has 0 aliphatic rings. The third kappa shape index (κ3) is 4.12. The number of amides is 1. The molecular weight excluding hydrogens is 284 g/mol. The lowest BCUT2D eigenvalue weighted by molar-refractivity contribution is 0.0935. The van der Waals surface area contributed by atoms with Gasteiger partial charge in [-0.05, 0) is 24.8 Å². The van der Waals surface area contributed by atoms with Gasteiger partial charge in [-0.15, -0.1) is 11.3 Å². The Hall–Kier alpha value is -1.72. The number of carbonyl (C=O) groups excluding carboxylic acids is 1. The average molecular weight is 304 g/mol. The molecule has 0 bridgehead atoms. The van der Waals surface area contributed by atoms with Crippen molar-refractivity contribution in [2.45, 2.75) is 32.2 Å². The minimum Gasteiger partial charge on any atom is -0.396 e. The minimum absolute atomic E-state index is 0.0823. The molecule has 21 heavy (non-hydrogen) atoms. The first-order chi connectivity index (χ1) is 10.3. The Morgan fingerprint density at radius 3 is 2.81 bits per heavy atom. The molecule has 0 radical (unpaired) electrons. The summed E-state index contributed by atoms with van der Waals surface area (Å²) in [6.45, 7) is 2.12. The number of aliphatic hydroxyl groups excluding tert-OH is 1. The van der Waals surface area contributed by atoms with Gasteiger partial charge in [-0.3, -0.25) is 4.79 Å². The largest absolute Gasteiger partial charge is 0.396 e. The Balaban J connectivity index is 2.13. The number of benzene rings is 1. The highest BCUT2D eigenvalue weighted by molar-refractivity contribution is 7.11. The van der Waals surface area contributed by atoms with Crippen LogP contribution in [-0.4, -0.2) is 22.6 Å². The van der Waals surface area contributed by atoms with E-state index in [0.29, 0.717) is 17.7 Å². The van der Waals surface area contributed by atoms with Crippen molar-refractivity contribution in [3.63, 3.8) is 0 Å². The number of hydrogen-bond donors (Lipinski definition) is 2. The standard InChI is InChI=1S/C16H20N2O2S/c1-2-13-15(21-11-17-13)16(20)18-14(9-6-10-19)12-7-4-3-5-8-12/h3-5,7-8,11,14,19H,2,6,9-10H2,1H3,(H,18,20). The number of nitrogens with zero attached hydrogens (tertiary/aromatic N) is 1. The summed E-state index contributed by atoms with van der Waals surface area (Å²) in [6, 6.07) is 9.77. The van der Waals surface area contributed by atoms with Crippen molar-refractivity contribution >= 4 is 17.2 Å². The lowest BCUT2D eigenvalue weighted by Crippen LogP contribution is -2.28. The third-order valence-corrected chi connectivity index (χ3v) is 4.21. The summed E-state index contributed by atoms with van der Waals surface area (Å²) in [6.07, 6.45) is 2.12. The Labute approximate surface area is 128 Å². The van der Waals surface area contributed by atoms with E-state index < -0.39 is 0 Å². The van der Waals surface area contributed by atoms with Gasteiger partial charge in [0, 0.05) is 6.61 Å². The summed E-state index contributed by atoms with van der Waals surface area (Å²) in [4.78, 5) is 17.3. The SMILES string of the molecule is CCc1ncsc1C(=O)NC(CCCO)c1ccccc1. The maximum Gasteiger partial charge on any atom is 0.263 e. The molecule has 1 heterocycles. The van der Waals surface area contributed by atoms with Crippen LogP contribution in [-0.2, 0) is 6.42 Å². The van der Waals surface area contributed by atoms with E-state index in [2.05, 4.69) is 10.3 Å². The smallest absolute Gasteiger partial charge is 0.263 e. The van der Waals surface area contributed by atoms with Crippen LogP contribution >= 0.6 is 11.3 Å². The topological polar surface area (TPSA) is 62.2 Å². The fourth-order valence-corrected chi connectivity index (χ4v) is 3.02. The van der Waals surface area contributed by atoms with E-state index in [0.717, 1.165) is 17.7 Å². The third-order valence-electron chi connectivity index (χ3n) is 3.34. The normalized spacial score (nSPS) is 12.1. The molecule has 1 amide bonds. The summed E-state index contributed by atoms with van der Waals surface area (Å²) < 4.78 is 0. The fraction of sp³-hybridized carbons (Fsp3) is 0.375. The fourth-order valence-electron chi connectivity index (χ4n) is 2.23. The maximum absolute atomic E-state index is 12.4. The van der Waals surface area contributed by atoms with E-state index in [1.807, 2.05) is 37.3 Å². The summed E-state index contributed by atoms with van der Waals surface area (Å²) in [7, 11) is 0. The van der Waals surface area contributed by atoms with E-state index in [1.165, 1.54) is 11.3 Å². The zero-order chi connectivity index (χ0) is 15.1. The molecule has 2 aromatic rings. The van der Waals surface area contributed by atoms with Gasteiger partial charge in [0.05, 0.1) is 17.2 Å². The van der Waals surface area contributed by atoms with Crippen LogP contribution in [0.4, 0.5) is 0 Å². The van der Waals surface area contributed by atoms with Gasteiger partial charge < -0.3 is 10.4 Å². The van der Waals surface area contributed by atoms with Crippen molar-refractivity contribution in [1.82, 2.24) is 10.3 Å². The van der Waals surface area contributed by atoms with Crippen LogP contribution in [0.3, 0.4) is 0 Å². The number of thiazole rings is 1. The first-order valence-corrected chi connectivity index (χ1v) is 8.03. The van der Waals surface area contributed by atoms with E-state index >= 15 is 0 Å². The molecule has 0 aliphatic carbocycles. The molecule has 1 atom stereocenters. The second kappa shape index (κ2) is 7.90. The van der Waals surface area contributed by atoms with Crippen molar-refractivity contribution in [1.29, 1.82) is 0 Å². The predicted molar refractivity (Wildman–Crippen MR) is 84.5 cm³/mol. The molecular formula is C16H20N2O2S. The molecule has 0 fully saturated rings. The van der Waals surface area contributed by atoms with E-state index in [9.17, 15) is 4.79 Å². The van der Waals surface area contributed by atoms with Crippen LogP contribution in [0, 0.1) is 0 Å². The Morgan fingerprint density at radius 2 is 2.14 bits per heavy atom. The zero-order valence-corrected chi connectivity index (χ0v) is 12.9. The molecule has 1 aromatic carbocycles. The molecule has 2 rings (SSSR count). The highest BCUT2D eigenvalue weighted by Gasteiger charge is 2.18. The van der Waals surface area contributed by atoms with Crippen LogP contribution < -0.4 is 5.32 Å². The quantitative estimate of drug-likeness (QED) is 0.826. The second-order valence-corrected chi connectivity index (χ2v) is 5.64. The minimum atomic E-state index is -0.0855. The molecule has 2 N–H and O–H groups in total. The number of rotatable bonds is 7. The van der Waals surface area contributed by atoms with Crippen LogP contribution in [0.25, 0.3) is 0 Å². The van der Waals surface area contributed by atoms with Crippen molar-refractivity contribution in [2.75, 3.05) is 6.61 Å². The lowest BCUT2D eigenvalue weighted by Gasteiger charge is -2.18. The molecule has 0 spiro atoms. The number of aromatic nitrogens is 1. The number of aliphatic hydroxyl groups is 1. The molecule has 1 unspecified atom stereocenters. The summed E-state index contributed by atoms with van der Waals surface area (Å²) in [5.41, 5.74) is 3.60. The van der Waals surface area contributed by atoms with Crippen molar-refractivity contribution in [3.05, 3.63) is 52.0 Å². The van der Waals surface area contributed by atoms with Crippen LogP contribution in [0.2, 0.25) is 0 Å². The highest BCUT2D eigenvalue weighted by Crippen LogP contribution is 2.21. The summed E-state index contributed by atoms with van der Waals surface area (Å²) in [5, 5.41) is 12.1. The van der Waals surface area contributed by atoms with Gasteiger partial charge in [0.25, 0.3) is 5.91 Å². The molecule has 1 aromatic heterocycles. The van der Waals surface area contributed by atoms with E-state index in [4.69, 9.17) is 5.11 Å². The number of carbonyl (C=O) groups is 1. The molecule has 0 aliphatic heterocycles. The van der Waals surface area contributed by atoms with E-state index in [-0.39, 0.29) is 18.6 Å². The van der Waals surface area contributed by atoms with Gasteiger partial charge in [0.15, 0.2) is 0 Å². The number of hydrogen-bond acceptors (Lipinski definition) is 4. The van der Waals surface area contributed by atoms with Crippen LogP contribution in [0.15, 0.2) is 35.8 Å².